The van der Waals surface area contributed by atoms with Crippen LogP contribution in [0.4, 0.5) is 0 Å². The molecule has 2 unspecified atom stereocenters. The van der Waals surface area contributed by atoms with Crippen molar-refractivity contribution in [2.45, 2.75) is 58.9 Å². The van der Waals surface area contributed by atoms with Gasteiger partial charge in [0.2, 0.25) is 5.91 Å². The molecule has 2 atom stereocenters. The number of hydrogen-bond donors (Lipinski definition) is 3. The number of nitrogens with zero attached hydrogens (tertiary/aromatic N) is 1. The first-order valence-corrected chi connectivity index (χ1v) is 9.17. The number of aliphatic hydroxyl groups is 2. The molecule has 26 heavy (non-hydrogen) atoms. The quantitative estimate of drug-likeness (QED) is 0.724. The van der Waals surface area contributed by atoms with Crippen LogP contribution in [0.3, 0.4) is 0 Å². The van der Waals surface area contributed by atoms with E-state index in [0.29, 0.717) is 23.6 Å². The van der Waals surface area contributed by atoms with E-state index >= 15 is 0 Å². The van der Waals surface area contributed by atoms with Gasteiger partial charge in [-0.05, 0) is 41.5 Å². The second kappa shape index (κ2) is 8.37. The van der Waals surface area contributed by atoms with Crippen molar-refractivity contribution >= 4 is 23.4 Å². The molecule has 0 bridgehead atoms. The molecule has 0 saturated carbocycles. The molecule has 1 aliphatic heterocycles. The number of carbonyl (C=O) groups excluding carboxylic acids is 2. The molecule has 2 amide bonds. The van der Waals surface area contributed by atoms with E-state index in [-0.39, 0.29) is 19.1 Å². The molecule has 1 saturated heterocycles. The highest BCUT2D eigenvalue weighted by molar-refractivity contribution is 6.30. The Morgan fingerprint density at radius 3 is 2.65 bits per heavy atom. The lowest BCUT2D eigenvalue weighted by atomic mass is 9.88. The van der Waals surface area contributed by atoms with Gasteiger partial charge in [0.1, 0.15) is 12.1 Å². The molecule has 1 fully saturated rings. The van der Waals surface area contributed by atoms with Crippen LogP contribution < -0.4 is 5.32 Å². The first kappa shape index (κ1) is 20.7. The van der Waals surface area contributed by atoms with E-state index < -0.39 is 23.5 Å². The van der Waals surface area contributed by atoms with Crippen LogP contribution in [0, 0.1) is 5.41 Å². The Morgan fingerprint density at radius 1 is 1.35 bits per heavy atom. The van der Waals surface area contributed by atoms with Gasteiger partial charge >= 0.3 is 0 Å². The summed E-state index contributed by atoms with van der Waals surface area (Å²) in [6, 6.07) is 4.52. The van der Waals surface area contributed by atoms with E-state index in [4.69, 9.17) is 11.6 Å². The SMILES string of the molecule is CC(C)(C)C(O)C(=O)N1CCCC1C(=O)NCc1cc(Cl)ccc1CO. The Hall–Kier alpha value is -1.63. The number of rotatable bonds is 5. The molecule has 1 heterocycles. The molecule has 2 rings (SSSR count). The lowest BCUT2D eigenvalue weighted by molar-refractivity contribution is -0.149. The number of aliphatic hydroxyl groups excluding tert-OH is 2. The summed E-state index contributed by atoms with van der Waals surface area (Å²) in [7, 11) is 0. The van der Waals surface area contributed by atoms with Crippen molar-refractivity contribution < 1.29 is 19.8 Å². The Balaban J connectivity index is 2.05. The number of halogens is 1. The fraction of sp³-hybridized carbons (Fsp3) is 0.579. The zero-order valence-electron chi connectivity index (χ0n) is 15.5. The maximum absolute atomic E-state index is 12.6. The minimum Gasteiger partial charge on any atom is -0.392 e. The Labute approximate surface area is 159 Å². The van der Waals surface area contributed by atoms with Crippen LogP contribution in [0.1, 0.15) is 44.7 Å². The van der Waals surface area contributed by atoms with Crippen LogP contribution in [-0.2, 0) is 22.7 Å². The standard InChI is InChI=1S/C19H27ClN2O4/c1-19(2,3)16(24)18(26)22-8-4-5-15(22)17(25)21-10-13-9-14(20)7-6-12(13)11-23/h6-7,9,15-16,23-24H,4-5,8,10-11H2,1-3H3,(H,21,25). The molecule has 0 aromatic heterocycles. The van der Waals surface area contributed by atoms with Crippen LogP contribution in [0.25, 0.3) is 0 Å². The van der Waals surface area contributed by atoms with Gasteiger partial charge in [-0.3, -0.25) is 9.59 Å². The summed E-state index contributed by atoms with van der Waals surface area (Å²) in [5.74, 6) is -0.672. The van der Waals surface area contributed by atoms with Crippen LogP contribution in [0.15, 0.2) is 18.2 Å². The summed E-state index contributed by atoms with van der Waals surface area (Å²) in [6.07, 6.45) is 0.140. The highest BCUT2D eigenvalue weighted by Crippen LogP contribution is 2.25. The minimum atomic E-state index is -1.15. The first-order valence-electron chi connectivity index (χ1n) is 8.79. The molecule has 1 aromatic rings. The lowest BCUT2D eigenvalue weighted by Gasteiger charge is -2.31. The van der Waals surface area contributed by atoms with E-state index in [1.54, 1.807) is 39.0 Å². The summed E-state index contributed by atoms with van der Waals surface area (Å²) >= 11 is 5.98. The number of likely N-dealkylation sites (tertiary alicyclic amines) is 1. The van der Waals surface area contributed by atoms with Gasteiger partial charge in [0.05, 0.1) is 6.61 Å². The van der Waals surface area contributed by atoms with Crippen LogP contribution in [0.2, 0.25) is 5.02 Å². The predicted octanol–water partition coefficient (Wildman–Crippen LogP) is 1.85. The summed E-state index contributed by atoms with van der Waals surface area (Å²) in [6.45, 7) is 5.90. The Kier molecular flexibility index (Phi) is 6.66. The minimum absolute atomic E-state index is 0.145. The van der Waals surface area contributed by atoms with Gasteiger partial charge in [0.25, 0.3) is 5.91 Å². The molecule has 1 aliphatic rings. The fourth-order valence-corrected chi connectivity index (χ4v) is 3.24. The van der Waals surface area contributed by atoms with Gasteiger partial charge in [-0.1, -0.05) is 38.4 Å². The third-order valence-electron chi connectivity index (χ3n) is 4.68. The molecule has 6 nitrogen and oxygen atoms in total. The zero-order valence-corrected chi connectivity index (χ0v) is 16.2. The summed E-state index contributed by atoms with van der Waals surface area (Å²) < 4.78 is 0. The second-order valence-electron chi connectivity index (χ2n) is 7.75. The molecule has 0 spiro atoms. The molecular weight excluding hydrogens is 356 g/mol. The molecular formula is C19H27ClN2O4. The Morgan fingerprint density at radius 2 is 2.04 bits per heavy atom. The van der Waals surface area contributed by atoms with Crippen molar-refractivity contribution in [2.75, 3.05) is 6.54 Å². The highest BCUT2D eigenvalue weighted by atomic mass is 35.5. The van der Waals surface area contributed by atoms with Gasteiger partial charge in [-0.15, -0.1) is 0 Å². The predicted molar refractivity (Wildman–Crippen MR) is 99.4 cm³/mol. The van der Waals surface area contributed by atoms with Crippen molar-refractivity contribution in [3.8, 4) is 0 Å². The van der Waals surface area contributed by atoms with E-state index in [2.05, 4.69) is 5.32 Å². The number of hydrogen-bond acceptors (Lipinski definition) is 4. The van der Waals surface area contributed by atoms with E-state index in [0.717, 1.165) is 12.0 Å². The van der Waals surface area contributed by atoms with Crippen molar-refractivity contribution in [1.82, 2.24) is 10.2 Å². The van der Waals surface area contributed by atoms with E-state index in [9.17, 15) is 19.8 Å². The van der Waals surface area contributed by atoms with Gasteiger partial charge in [-0.25, -0.2) is 0 Å². The average molecular weight is 383 g/mol. The summed E-state index contributed by atoms with van der Waals surface area (Å²) in [5, 5.41) is 23.0. The zero-order chi connectivity index (χ0) is 19.5. The molecule has 0 radical (unpaired) electrons. The molecule has 144 valence electrons. The van der Waals surface area contributed by atoms with Crippen LogP contribution in [0.5, 0.6) is 0 Å². The smallest absolute Gasteiger partial charge is 0.252 e. The maximum atomic E-state index is 12.6. The molecule has 3 N–H and O–H groups in total. The number of benzene rings is 1. The van der Waals surface area contributed by atoms with E-state index in [1.165, 1.54) is 4.90 Å². The monoisotopic (exact) mass is 382 g/mol. The van der Waals surface area contributed by atoms with Gasteiger partial charge < -0.3 is 20.4 Å². The van der Waals surface area contributed by atoms with Crippen molar-refractivity contribution in [1.29, 1.82) is 0 Å². The van der Waals surface area contributed by atoms with Gasteiger partial charge in [0, 0.05) is 18.1 Å². The van der Waals surface area contributed by atoms with Crippen LogP contribution >= 0.6 is 11.6 Å². The molecule has 1 aromatic carbocycles. The maximum Gasteiger partial charge on any atom is 0.252 e. The fourth-order valence-electron chi connectivity index (χ4n) is 3.04. The van der Waals surface area contributed by atoms with Gasteiger partial charge in [0.15, 0.2) is 0 Å². The molecule has 7 heteroatoms. The van der Waals surface area contributed by atoms with Crippen molar-refractivity contribution in [2.24, 2.45) is 5.41 Å². The third kappa shape index (κ3) is 4.75. The Bertz CT molecular complexity index is 672. The third-order valence-corrected chi connectivity index (χ3v) is 4.92. The topological polar surface area (TPSA) is 89.9 Å². The van der Waals surface area contributed by atoms with E-state index in [1.807, 2.05) is 0 Å². The molecule has 0 aliphatic carbocycles. The largest absolute Gasteiger partial charge is 0.392 e. The van der Waals surface area contributed by atoms with Gasteiger partial charge in [-0.2, -0.15) is 0 Å². The lowest BCUT2D eigenvalue weighted by Crippen LogP contribution is -2.51. The first-order chi connectivity index (χ1) is 12.1. The van der Waals surface area contributed by atoms with Crippen molar-refractivity contribution in [3.63, 3.8) is 0 Å². The van der Waals surface area contributed by atoms with Crippen LogP contribution in [-0.4, -0.2) is 45.6 Å². The highest BCUT2D eigenvalue weighted by Gasteiger charge is 2.40. The number of nitrogens with one attached hydrogen (secondary N) is 1. The second-order valence-corrected chi connectivity index (χ2v) is 8.18. The summed E-state index contributed by atoms with van der Waals surface area (Å²) in [5.41, 5.74) is 0.841. The normalized spacial score (nSPS) is 18.7. The average Bonchev–Trinajstić information content (AvgIpc) is 3.07. The van der Waals surface area contributed by atoms with Crippen molar-refractivity contribution in [3.05, 3.63) is 34.3 Å². The number of carbonyl (C=O) groups is 2. The summed E-state index contributed by atoms with van der Waals surface area (Å²) in [4.78, 5) is 26.6. The number of amides is 2.